The van der Waals surface area contributed by atoms with Crippen molar-refractivity contribution in [1.82, 2.24) is 0 Å². The minimum atomic E-state index is -1.84. The highest BCUT2D eigenvalue weighted by Gasteiger charge is 2.55. The number of hydrogen-bond acceptors (Lipinski definition) is 2. The van der Waals surface area contributed by atoms with Crippen LogP contribution in [0.3, 0.4) is 0 Å². The molecule has 2 aromatic carbocycles. The normalized spacial score (nSPS) is 25.3. The molecule has 1 aliphatic rings. The first-order valence-corrected chi connectivity index (χ1v) is 12.6. The highest BCUT2D eigenvalue weighted by atomic mass is 28.3. The van der Waals surface area contributed by atoms with E-state index < -0.39 is 9.04 Å². The van der Waals surface area contributed by atoms with Crippen molar-refractivity contribution in [3.8, 4) is 0 Å². The van der Waals surface area contributed by atoms with Gasteiger partial charge in [0.1, 0.15) is 0 Å². The Hall–Kier alpha value is -1.42. The summed E-state index contributed by atoms with van der Waals surface area (Å²) in [6.45, 7) is 14.1. The van der Waals surface area contributed by atoms with E-state index >= 15 is 0 Å². The standard InChI is InChI=1S/C26H38O2Si/c1-24(2,3)23(22-17-18-26(6,19-27)25(22,4)5)28-29(20-13-9-7-10-14-20)21-15-11-8-12-16-21/h7-16,22-23,27,29H,17-19H2,1-6H3. The molecule has 3 unspecified atom stereocenters. The van der Waals surface area contributed by atoms with Gasteiger partial charge >= 0.3 is 0 Å². The fourth-order valence-electron chi connectivity index (χ4n) is 5.07. The molecule has 0 radical (unpaired) electrons. The van der Waals surface area contributed by atoms with Crippen LogP contribution < -0.4 is 10.4 Å². The van der Waals surface area contributed by atoms with Crippen LogP contribution in [0.25, 0.3) is 0 Å². The van der Waals surface area contributed by atoms with Gasteiger partial charge in [-0.2, -0.15) is 0 Å². The van der Waals surface area contributed by atoms with E-state index in [1.54, 1.807) is 0 Å². The smallest absolute Gasteiger partial charge is 0.240 e. The molecule has 0 aliphatic heterocycles. The van der Waals surface area contributed by atoms with Crippen LogP contribution in [0.1, 0.15) is 54.4 Å². The maximum absolute atomic E-state index is 10.2. The molecule has 1 saturated carbocycles. The molecule has 0 aromatic heterocycles. The van der Waals surface area contributed by atoms with E-state index in [4.69, 9.17) is 4.43 Å². The van der Waals surface area contributed by atoms with Crippen molar-refractivity contribution < 1.29 is 9.53 Å². The highest BCUT2D eigenvalue weighted by molar-refractivity contribution is 6.80. The van der Waals surface area contributed by atoms with Gasteiger partial charge < -0.3 is 9.53 Å². The first-order valence-electron chi connectivity index (χ1n) is 11.0. The Morgan fingerprint density at radius 3 is 1.83 bits per heavy atom. The lowest BCUT2D eigenvalue weighted by molar-refractivity contribution is -0.0475. The average molecular weight is 411 g/mol. The van der Waals surface area contributed by atoms with E-state index in [1.165, 1.54) is 10.4 Å². The van der Waals surface area contributed by atoms with E-state index in [0.717, 1.165) is 12.8 Å². The predicted octanol–water partition coefficient (Wildman–Crippen LogP) is 4.39. The summed E-state index contributed by atoms with van der Waals surface area (Å²) >= 11 is 0. The van der Waals surface area contributed by atoms with Gasteiger partial charge in [-0.05, 0) is 45.4 Å². The predicted molar refractivity (Wildman–Crippen MR) is 125 cm³/mol. The Bertz CT molecular complexity index is 742. The molecular formula is C26H38O2Si. The summed E-state index contributed by atoms with van der Waals surface area (Å²) in [5.41, 5.74) is -0.00938. The van der Waals surface area contributed by atoms with Crippen LogP contribution in [0.15, 0.2) is 60.7 Å². The molecule has 1 N–H and O–H groups in total. The van der Waals surface area contributed by atoms with E-state index in [-0.39, 0.29) is 29.0 Å². The zero-order chi connectivity index (χ0) is 21.3. The summed E-state index contributed by atoms with van der Waals surface area (Å²) in [7, 11) is -1.84. The van der Waals surface area contributed by atoms with Crippen LogP contribution in [0.4, 0.5) is 0 Å². The third-order valence-corrected chi connectivity index (χ3v) is 10.1. The second-order valence-corrected chi connectivity index (χ2v) is 13.1. The molecule has 0 heterocycles. The topological polar surface area (TPSA) is 29.5 Å². The van der Waals surface area contributed by atoms with Crippen molar-refractivity contribution in [3.63, 3.8) is 0 Å². The van der Waals surface area contributed by atoms with Crippen LogP contribution in [-0.4, -0.2) is 26.9 Å². The van der Waals surface area contributed by atoms with Gasteiger partial charge in [-0.25, -0.2) is 0 Å². The SMILES string of the molecule is CC(C)(C)C(O[SiH](c1ccccc1)c1ccccc1)C1CCC(C)(CO)C1(C)C. The number of aliphatic hydroxyl groups excluding tert-OH is 1. The van der Waals surface area contributed by atoms with Gasteiger partial charge in [0, 0.05) is 6.61 Å². The minimum absolute atomic E-state index is 0.0199. The molecule has 0 bridgehead atoms. The first-order chi connectivity index (χ1) is 13.6. The average Bonchev–Trinajstić information content (AvgIpc) is 2.93. The van der Waals surface area contributed by atoms with E-state index in [0.29, 0.717) is 5.92 Å². The zero-order valence-electron chi connectivity index (χ0n) is 19.0. The van der Waals surface area contributed by atoms with Crippen LogP contribution >= 0.6 is 0 Å². The molecule has 0 amide bonds. The largest absolute Gasteiger partial charge is 0.407 e. The maximum Gasteiger partial charge on any atom is 0.240 e. The molecule has 0 spiro atoms. The van der Waals surface area contributed by atoms with Crippen LogP contribution in [-0.2, 0) is 4.43 Å². The van der Waals surface area contributed by atoms with Crippen molar-refractivity contribution in [1.29, 1.82) is 0 Å². The van der Waals surface area contributed by atoms with Gasteiger partial charge in [0.25, 0.3) is 0 Å². The van der Waals surface area contributed by atoms with E-state index in [9.17, 15) is 5.11 Å². The lowest BCUT2D eigenvalue weighted by Gasteiger charge is -2.47. The lowest BCUT2D eigenvalue weighted by Crippen LogP contribution is -2.54. The molecule has 158 valence electrons. The quantitative estimate of drug-likeness (QED) is 0.716. The Balaban J connectivity index is 2.01. The molecule has 3 heteroatoms. The van der Waals surface area contributed by atoms with Crippen molar-refractivity contribution in [2.45, 2.75) is 60.5 Å². The van der Waals surface area contributed by atoms with Crippen molar-refractivity contribution in [2.24, 2.45) is 22.2 Å². The second-order valence-electron chi connectivity index (χ2n) is 10.7. The summed E-state index contributed by atoms with van der Waals surface area (Å²) in [6.07, 6.45) is 2.31. The first kappa shape index (κ1) is 22.3. The summed E-state index contributed by atoms with van der Waals surface area (Å²) in [6, 6.07) is 21.5. The van der Waals surface area contributed by atoms with Gasteiger partial charge in [-0.3, -0.25) is 0 Å². The number of hydrogen-bond donors (Lipinski definition) is 1. The van der Waals surface area contributed by atoms with E-state index in [1.807, 2.05) is 0 Å². The van der Waals surface area contributed by atoms with Gasteiger partial charge in [-0.15, -0.1) is 0 Å². The molecule has 29 heavy (non-hydrogen) atoms. The Labute approximate surface area is 179 Å². The van der Waals surface area contributed by atoms with Gasteiger partial charge in [-0.1, -0.05) is 102 Å². The third kappa shape index (κ3) is 4.37. The third-order valence-electron chi connectivity index (χ3n) is 7.54. The van der Waals surface area contributed by atoms with Crippen molar-refractivity contribution in [3.05, 3.63) is 60.7 Å². The molecule has 1 fully saturated rings. The maximum atomic E-state index is 10.2. The monoisotopic (exact) mass is 410 g/mol. The summed E-state index contributed by atoms with van der Waals surface area (Å²) in [5.74, 6) is 0.419. The number of aliphatic hydroxyl groups is 1. The number of rotatable bonds is 6. The minimum Gasteiger partial charge on any atom is -0.407 e. The molecule has 3 atom stereocenters. The molecule has 3 rings (SSSR count). The Morgan fingerprint density at radius 1 is 0.966 bits per heavy atom. The summed E-state index contributed by atoms with van der Waals surface area (Å²) in [4.78, 5) is 0. The van der Waals surface area contributed by atoms with Crippen LogP contribution in [0.2, 0.25) is 0 Å². The molecule has 0 saturated heterocycles. The molecule has 1 aliphatic carbocycles. The van der Waals surface area contributed by atoms with Gasteiger partial charge in [0.15, 0.2) is 0 Å². The lowest BCUT2D eigenvalue weighted by atomic mass is 9.62. The second kappa shape index (κ2) is 8.37. The molecular weight excluding hydrogens is 372 g/mol. The van der Waals surface area contributed by atoms with Crippen molar-refractivity contribution >= 4 is 19.4 Å². The van der Waals surface area contributed by atoms with Crippen LogP contribution in [0, 0.1) is 22.2 Å². The summed E-state index contributed by atoms with van der Waals surface area (Å²) < 4.78 is 7.20. The fraction of sp³-hybridized carbons (Fsp3) is 0.538. The van der Waals surface area contributed by atoms with Gasteiger partial charge in [0.2, 0.25) is 9.04 Å². The van der Waals surface area contributed by atoms with E-state index in [2.05, 4.69) is 102 Å². The number of benzene rings is 2. The molecule has 2 nitrogen and oxygen atoms in total. The highest BCUT2D eigenvalue weighted by Crippen LogP contribution is 2.58. The Morgan fingerprint density at radius 2 is 1.45 bits per heavy atom. The fourth-order valence-corrected chi connectivity index (χ4v) is 7.81. The molecule has 2 aromatic rings. The summed E-state index contributed by atoms with van der Waals surface area (Å²) in [5, 5.41) is 12.8. The zero-order valence-corrected chi connectivity index (χ0v) is 20.1. The van der Waals surface area contributed by atoms with Gasteiger partial charge in [0.05, 0.1) is 6.10 Å². The van der Waals surface area contributed by atoms with Crippen molar-refractivity contribution in [2.75, 3.05) is 6.61 Å². The van der Waals surface area contributed by atoms with Crippen LogP contribution in [0.5, 0.6) is 0 Å². The Kier molecular flexibility index (Phi) is 6.43.